The molecule has 0 radical (unpaired) electrons. The summed E-state index contributed by atoms with van der Waals surface area (Å²) in [5.41, 5.74) is 2.09. The molecule has 37 heavy (non-hydrogen) atoms. The standard InChI is InChI=1S/C30H47N3O4/c1-9-17-33(28(35)25(18-20(2)3)32-29(36)37-30(6,7)8)26(24-16-15-21(4)19-22(24)5)27(34)31-23-13-11-10-12-14-23/h9,15-16,19-20,23,25-26H,1,10-14,17-18H2,2-8H3,(H,31,34)(H,32,36). The summed E-state index contributed by atoms with van der Waals surface area (Å²) in [6, 6.07) is 4.33. The largest absolute Gasteiger partial charge is 0.444 e. The molecule has 0 aromatic heterocycles. The molecule has 2 N–H and O–H groups in total. The maximum absolute atomic E-state index is 14.1. The minimum atomic E-state index is -0.844. The maximum Gasteiger partial charge on any atom is 0.408 e. The number of amides is 3. The second-order valence-electron chi connectivity index (χ2n) is 11.7. The molecule has 1 saturated carbocycles. The van der Waals surface area contributed by atoms with Crippen LogP contribution in [0.4, 0.5) is 4.79 Å². The zero-order valence-corrected chi connectivity index (χ0v) is 23.9. The first kappa shape index (κ1) is 30.4. The third kappa shape index (κ3) is 9.52. The highest BCUT2D eigenvalue weighted by atomic mass is 16.6. The summed E-state index contributed by atoms with van der Waals surface area (Å²) in [5, 5.41) is 6.00. The number of nitrogens with one attached hydrogen (secondary N) is 2. The first-order chi connectivity index (χ1) is 17.3. The number of ether oxygens (including phenoxy) is 1. The van der Waals surface area contributed by atoms with E-state index in [2.05, 4.69) is 17.2 Å². The molecule has 3 amide bonds. The molecule has 0 aliphatic heterocycles. The lowest BCUT2D eigenvalue weighted by atomic mass is 9.93. The van der Waals surface area contributed by atoms with Crippen LogP contribution in [0.3, 0.4) is 0 Å². The molecular weight excluding hydrogens is 466 g/mol. The van der Waals surface area contributed by atoms with Gasteiger partial charge in [-0.1, -0.05) is 62.9 Å². The van der Waals surface area contributed by atoms with Crippen molar-refractivity contribution in [1.82, 2.24) is 15.5 Å². The van der Waals surface area contributed by atoms with Crippen LogP contribution in [0.15, 0.2) is 30.9 Å². The van der Waals surface area contributed by atoms with Gasteiger partial charge in [-0.05, 0) is 70.9 Å². The van der Waals surface area contributed by atoms with Gasteiger partial charge in [-0.2, -0.15) is 0 Å². The van der Waals surface area contributed by atoms with Crippen molar-refractivity contribution in [3.8, 4) is 0 Å². The summed E-state index contributed by atoms with van der Waals surface area (Å²) >= 11 is 0. The summed E-state index contributed by atoms with van der Waals surface area (Å²) < 4.78 is 5.44. The smallest absolute Gasteiger partial charge is 0.408 e. The monoisotopic (exact) mass is 513 g/mol. The van der Waals surface area contributed by atoms with Crippen LogP contribution in [0.2, 0.25) is 0 Å². The molecule has 1 aliphatic carbocycles. The molecule has 0 heterocycles. The SMILES string of the molecule is C=CCN(C(=O)C(CC(C)C)NC(=O)OC(C)(C)C)C(C(=O)NC1CCCCC1)c1ccc(C)cc1C. The van der Waals surface area contributed by atoms with Gasteiger partial charge in [-0.15, -0.1) is 6.58 Å². The molecule has 7 nitrogen and oxygen atoms in total. The van der Waals surface area contributed by atoms with E-state index < -0.39 is 23.8 Å². The fourth-order valence-electron chi connectivity index (χ4n) is 4.91. The van der Waals surface area contributed by atoms with Crippen LogP contribution in [-0.4, -0.2) is 47.0 Å². The number of hydrogen-bond donors (Lipinski definition) is 2. The molecule has 0 bridgehead atoms. The predicted octanol–water partition coefficient (Wildman–Crippen LogP) is 5.75. The molecule has 2 atom stereocenters. The first-order valence-corrected chi connectivity index (χ1v) is 13.6. The third-order valence-electron chi connectivity index (χ3n) is 6.54. The van der Waals surface area contributed by atoms with Crippen molar-refractivity contribution < 1.29 is 19.1 Å². The van der Waals surface area contributed by atoms with Crippen LogP contribution >= 0.6 is 0 Å². The van der Waals surface area contributed by atoms with Gasteiger partial charge in [0.05, 0.1) is 0 Å². The normalized spacial score (nSPS) is 16.0. The Hall–Kier alpha value is -2.83. The Morgan fingerprint density at radius 3 is 2.32 bits per heavy atom. The summed E-state index contributed by atoms with van der Waals surface area (Å²) in [7, 11) is 0. The van der Waals surface area contributed by atoms with Crippen LogP contribution < -0.4 is 10.6 Å². The minimum Gasteiger partial charge on any atom is -0.444 e. The van der Waals surface area contributed by atoms with Crippen molar-refractivity contribution in [1.29, 1.82) is 0 Å². The van der Waals surface area contributed by atoms with Gasteiger partial charge in [0.25, 0.3) is 0 Å². The van der Waals surface area contributed by atoms with Gasteiger partial charge >= 0.3 is 6.09 Å². The topological polar surface area (TPSA) is 87.7 Å². The van der Waals surface area contributed by atoms with E-state index in [1.165, 1.54) is 6.42 Å². The Morgan fingerprint density at radius 1 is 1.14 bits per heavy atom. The van der Waals surface area contributed by atoms with Gasteiger partial charge in [0.1, 0.15) is 17.7 Å². The number of alkyl carbamates (subject to hydrolysis) is 1. The van der Waals surface area contributed by atoms with Crippen LogP contribution in [0.25, 0.3) is 0 Å². The zero-order chi connectivity index (χ0) is 27.8. The number of carbonyl (C=O) groups is 3. The number of aryl methyl sites for hydroxylation is 2. The van der Waals surface area contributed by atoms with Crippen molar-refractivity contribution in [2.24, 2.45) is 5.92 Å². The van der Waals surface area contributed by atoms with E-state index in [0.29, 0.717) is 6.42 Å². The fraction of sp³-hybridized carbons (Fsp3) is 0.633. The van der Waals surface area contributed by atoms with Crippen LogP contribution in [0.5, 0.6) is 0 Å². The van der Waals surface area contributed by atoms with Crippen molar-refractivity contribution in [2.45, 2.75) is 111 Å². The van der Waals surface area contributed by atoms with E-state index in [1.54, 1.807) is 31.7 Å². The second-order valence-corrected chi connectivity index (χ2v) is 11.7. The highest BCUT2D eigenvalue weighted by molar-refractivity contribution is 5.92. The molecular formula is C30H47N3O4. The summed E-state index contributed by atoms with van der Waals surface area (Å²) in [4.78, 5) is 42.2. The molecule has 1 fully saturated rings. The molecule has 2 unspecified atom stereocenters. The van der Waals surface area contributed by atoms with Gasteiger partial charge in [-0.3, -0.25) is 9.59 Å². The van der Waals surface area contributed by atoms with E-state index in [0.717, 1.165) is 42.4 Å². The van der Waals surface area contributed by atoms with E-state index in [-0.39, 0.29) is 30.3 Å². The lowest BCUT2D eigenvalue weighted by molar-refractivity contribution is -0.142. The Morgan fingerprint density at radius 2 is 1.78 bits per heavy atom. The molecule has 206 valence electrons. The van der Waals surface area contributed by atoms with E-state index in [9.17, 15) is 14.4 Å². The highest BCUT2D eigenvalue weighted by Gasteiger charge is 2.37. The van der Waals surface area contributed by atoms with Crippen molar-refractivity contribution in [3.05, 3.63) is 47.5 Å². The van der Waals surface area contributed by atoms with Gasteiger partial charge < -0.3 is 20.3 Å². The predicted molar refractivity (Wildman–Crippen MR) is 148 cm³/mol. The first-order valence-electron chi connectivity index (χ1n) is 13.6. The molecule has 0 spiro atoms. The Kier molecular flexibility index (Phi) is 11.2. The number of hydrogen-bond acceptors (Lipinski definition) is 4. The zero-order valence-electron chi connectivity index (χ0n) is 23.9. The lowest BCUT2D eigenvalue weighted by Crippen LogP contribution is -2.54. The van der Waals surface area contributed by atoms with Crippen LogP contribution in [0, 0.1) is 19.8 Å². The molecule has 1 aliphatic rings. The van der Waals surface area contributed by atoms with Crippen LogP contribution in [0.1, 0.15) is 95.9 Å². The fourth-order valence-corrected chi connectivity index (χ4v) is 4.91. The van der Waals surface area contributed by atoms with Gasteiger partial charge in [0, 0.05) is 12.6 Å². The molecule has 2 rings (SSSR count). The third-order valence-corrected chi connectivity index (χ3v) is 6.54. The summed E-state index contributed by atoms with van der Waals surface area (Å²) in [6.07, 6.45) is 6.63. The Bertz CT molecular complexity index is 945. The van der Waals surface area contributed by atoms with Crippen LogP contribution in [-0.2, 0) is 14.3 Å². The highest BCUT2D eigenvalue weighted by Crippen LogP contribution is 2.28. The second kappa shape index (κ2) is 13.6. The lowest BCUT2D eigenvalue weighted by Gasteiger charge is -2.36. The van der Waals surface area contributed by atoms with E-state index in [1.807, 2.05) is 45.9 Å². The number of carbonyl (C=O) groups excluding carboxylic acids is 3. The van der Waals surface area contributed by atoms with E-state index >= 15 is 0 Å². The number of rotatable bonds is 10. The average Bonchev–Trinajstić information content (AvgIpc) is 2.78. The van der Waals surface area contributed by atoms with Crippen molar-refractivity contribution >= 4 is 17.9 Å². The molecule has 0 saturated heterocycles. The van der Waals surface area contributed by atoms with E-state index in [4.69, 9.17) is 4.74 Å². The van der Waals surface area contributed by atoms with Gasteiger partial charge in [0.15, 0.2) is 0 Å². The molecule has 7 heteroatoms. The minimum absolute atomic E-state index is 0.0986. The Labute approximate surface area is 223 Å². The average molecular weight is 514 g/mol. The number of nitrogens with zero attached hydrogens (tertiary/aromatic N) is 1. The summed E-state index contributed by atoms with van der Waals surface area (Å²) in [5.74, 6) is -0.400. The molecule has 1 aromatic carbocycles. The quantitative estimate of drug-likeness (QED) is 0.390. The van der Waals surface area contributed by atoms with Gasteiger partial charge in [-0.25, -0.2) is 4.79 Å². The summed E-state index contributed by atoms with van der Waals surface area (Å²) in [6.45, 7) is 17.3. The molecule has 1 aromatic rings. The Balaban J connectivity index is 2.47. The number of benzene rings is 1. The maximum atomic E-state index is 14.1. The van der Waals surface area contributed by atoms with Gasteiger partial charge in [0.2, 0.25) is 11.8 Å². The van der Waals surface area contributed by atoms with Crippen molar-refractivity contribution in [2.75, 3.05) is 6.54 Å². The van der Waals surface area contributed by atoms with Crippen molar-refractivity contribution in [3.63, 3.8) is 0 Å².